The van der Waals surface area contributed by atoms with E-state index in [9.17, 15) is 18.0 Å². The minimum atomic E-state index is -3.04. The zero-order chi connectivity index (χ0) is 19.4. The first kappa shape index (κ1) is 18.5. The molecule has 1 aromatic carbocycles. The summed E-state index contributed by atoms with van der Waals surface area (Å²) in [5.41, 5.74) is -0.0350. The summed E-state index contributed by atoms with van der Waals surface area (Å²) < 4.78 is 46.1. The SMILES string of the molecule is CC(F)(F)c1ccnc(CC(=O)c2cc(F)cc(Oc3cncnc3)c2)c1. The van der Waals surface area contributed by atoms with E-state index < -0.39 is 17.5 Å². The highest BCUT2D eigenvalue weighted by molar-refractivity contribution is 5.97. The van der Waals surface area contributed by atoms with E-state index in [0.29, 0.717) is 0 Å². The lowest BCUT2D eigenvalue weighted by Crippen LogP contribution is -2.10. The molecule has 0 saturated carbocycles. The molecule has 0 unspecified atom stereocenters. The molecule has 0 N–H and O–H groups in total. The molecule has 0 aliphatic heterocycles. The molecule has 0 aliphatic carbocycles. The largest absolute Gasteiger partial charge is 0.454 e. The Kier molecular flexibility index (Phi) is 5.16. The first-order valence-electron chi connectivity index (χ1n) is 7.91. The number of Topliss-reactive ketones (excluding diaryl/α,β-unsaturated/α-hetero) is 1. The number of rotatable bonds is 6. The van der Waals surface area contributed by atoms with Gasteiger partial charge in [-0.15, -0.1) is 0 Å². The zero-order valence-electron chi connectivity index (χ0n) is 14.2. The van der Waals surface area contributed by atoms with Gasteiger partial charge in [-0.25, -0.2) is 23.1 Å². The maximum absolute atomic E-state index is 13.9. The second-order valence-electron chi connectivity index (χ2n) is 5.88. The van der Waals surface area contributed by atoms with E-state index in [-0.39, 0.29) is 34.7 Å². The van der Waals surface area contributed by atoms with Crippen molar-refractivity contribution in [3.63, 3.8) is 0 Å². The average molecular weight is 373 g/mol. The third-order valence-corrected chi connectivity index (χ3v) is 3.63. The number of ether oxygens (including phenoxy) is 1. The smallest absolute Gasteiger partial charge is 0.270 e. The highest BCUT2D eigenvalue weighted by atomic mass is 19.3. The minimum Gasteiger partial charge on any atom is -0.454 e. The number of halogens is 3. The molecular formula is C19H14F3N3O2. The Hall–Kier alpha value is -3.29. The molecule has 0 atom stereocenters. The van der Waals surface area contributed by atoms with Crippen LogP contribution in [0.15, 0.2) is 55.2 Å². The summed E-state index contributed by atoms with van der Waals surface area (Å²) >= 11 is 0. The van der Waals surface area contributed by atoms with E-state index in [1.807, 2.05) is 0 Å². The van der Waals surface area contributed by atoms with Crippen molar-refractivity contribution in [1.29, 1.82) is 0 Å². The van der Waals surface area contributed by atoms with E-state index in [4.69, 9.17) is 4.74 Å². The molecule has 3 rings (SSSR count). The quantitative estimate of drug-likeness (QED) is 0.602. The summed E-state index contributed by atoms with van der Waals surface area (Å²) in [5.74, 6) is -3.82. The lowest BCUT2D eigenvalue weighted by atomic mass is 10.0. The summed E-state index contributed by atoms with van der Waals surface area (Å²) in [6, 6.07) is 5.87. The Morgan fingerprint density at radius 3 is 2.56 bits per heavy atom. The van der Waals surface area contributed by atoms with Crippen LogP contribution < -0.4 is 4.74 Å². The van der Waals surface area contributed by atoms with E-state index in [0.717, 1.165) is 25.1 Å². The van der Waals surface area contributed by atoms with Crippen LogP contribution >= 0.6 is 0 Å². The molecular weight excluding hydrogens is 359 g/mol. The number of nitrogens with zero attached hydrogens (tertiary/aromatic N) is 3. The van der Waals surface area contributed by atoms with Crippen molar-refractivity contribution in [3.8, 4) is 11.5 Å². The second kappa shape index (κ2) is 7.53. The predicted octanol–water partition coefficient (Wildman–Crippen LogP) is 4.34. The van der Waals surface area contributed by atoms with Gasteiger partial charge in [-0.2, -0.15) is 0 Å². The van der Waals surface area contributed by atoms with Crippen molar-refractivity contribution in [2.45, 2.75) is 19.3 Å². The first-order valence-corrected chi connectivity index (χ1v) is 7.91. The van der Waals surface area contributed by atoms with E-state index in [1.165, 1.54) is 37.1 Å². The average Bonchev–Trinajstić information content (AvgIpc) is 2.61. The molecule has 0 bridgehead atoms. The van der Waals surface area contributed by atoms with Crippen molar-refractivity contribution in [2.75, 3.05) is 0 Å². The van der Waals surface area contributed by atoms with Gasteiger partial charge in [0.2, 0.25) is 0 Å². The monoisotopic (exact) mass is 373 g/mol. The van der Waals surface area contributed by atoms with Gasteiger partial charge in [0.25, 0.3) is 5.92 Å². The normalized spacial score (nSPS) is 11.3. The molecule has 138 valence electrons. The van der Waals surface area contributed by atoms with E-state index >= 15 is 0 Å². The third kappa shape index (κ3) is 4.87. The maximum atomic E-state index is 13.9. The number of pyridine rings is 1. The Balaban J connectivity index is 1.81. The fourth-order valence-electron chi connectivity index (χ4n) is 2.37. The lowest BCUT2D eigenvalue weighted by molar-refractivity contribution is 0.0172. The van der Waals surface area contributed by atoms with Gasteiger partial charge in [-0.3, -0.25) is 9.78 Å². The number of carbonyl (C=O) groups excluding carboxylic acids is 1. The highest BCUT2D eigenvalue weighted by Gasteiger charge is 2.25. The Morgan fingerprint density at radius 1 is 1.11 bits per heavy atom. The van der Waals surface area contributed by atoms with Crippen LogP contribution in [0, 0.1) is 5.82 Å². The van der Waals surface area contributed by atoms with Gasteiger partial charge in [0.1, 0.15) is 17.9 Å². The zero-order valence-corrected chi connectivity index (χ0v) is 14.2. The van der Waals surface area contributed by atoms with Crippen molar-refractivity contribution in [1.82, 2.24) is 15.0 Å². The topological polar surface area (TPSA) is 65.0 Å². The summed E-state index contributed by atoms with van der Waals surface area (Å²) in [4.78, 5) is 23.9. The number of alkyl halides is 2. The van der Waals surface area contributed by atoms with Crippen LogP contribution in [0.2, 0.25) is 0 Å². The van der Waals surface area contributed by atoms with E-state index in [2.05, 4.69) is 15.0 Å². The van der Waals surface area contributed by atoms with E-state index in [1.54, 1.807) is 0 Å². The Labute approximate surface area is 152 Å². The summed E-state index contributed by atoms with van der Waals surface area (Å²) in [5, 5.41) is 0. The number of hydrogen-bond acceptors (Lipinski definition) is 5. The number of aromatic nitrogens is 3. The molecule has 3 aromatic rings. The standard InChI is InChI=1S/C19H14F3N3O2/c1-19(21,22)13-2-3-25-15(6-13)8-18(26)12-4-14(20)7-16(5-12)27-17-9-23-11-24-10-17/h2-7,9-11H,8H2,1H3. The number of hydrogen-bond donors (Lipinski definition) is 0. The molecule has 0 fully saturated rings. The van der Waals surface area contributed by atoms with Gasteiger partial charge >= 0.3 is 0 Å². The van der Waals surface area contributed by atoms with Gasteiger partial charge in [-0.05, 0) is 24.3 Å². The summed E-state index contributed by atoms with van der Waals surface area (Å²) in [6.07, 6.45) is 5.06. The molecule has 0 amide bonds. The maximum Gasteiger partial charge on any atom is 0.270 e. The number of ketones is 1. The highest BCUT2D eigenvalue weighted by Crippen LogP contribution is 2.27. The third-order valence-electron chi connectivity index (χ3n) is 3.63. The van der Waals surface area contributed by atoms with Gasteiger partial charge < -0.3 is 4.74 Å². The predicted molar refractivity (Wildman–Crippen MR) is 90.3 cm³/mol. The fraction of sp³-hybridized carbons (Fsp3) is 0.158. The molecule has 0 radical (unpaired) electrons. The number of carbonyl (C=O) groups is 1. The van der Waals surface area contributed by atoms with Crippen molar-refractivity contribution in [2.24, 2.45) is 0 Å². The fourth-order valence-corrected chi connectivity index (χ4v) is 2.37. The first-order chi connectivity index (χ1) is 12.8. The molecule has 2 heterocycles. The van der Waals surface area contributed by atoms with Crippen LogP contribution in [0.3, 0.4) is 0 Å². The Morgan fingerprint density at radius 2 is 1.85 bits per heavy atom. The summed E-state index contributed by atoms with van der Waals surface area (Å²) in [7, 11) is 0. The van der Waals surface area contributed by atoms with Crippen LogP contribution in [0.4, 0.5) is 13.2 Å². The van der Waals surface area contributed by atoms with Crippen LogP contribution in [-0.2, 0) is 12.3 Å². The molecule has 5 nitrogen and oxygen atoms in total. The van der Waals surface area contributed by atoms with Crippen LogP contribution in [-0.4, -0.2) is 20.7 Å². The van der Waals surface area contributed by atoms with Gasteiger partial charge in [0.15, 0.2) is 11.5 Å². The molecule has 27 heavy (non-hydrogen) atoms. The minimum absolute atomic E-state index is 0.0392. The van der Waals surface area contributed by atoms with Crippen molar-refractivity contribution >= 4 is 5.78 Å². The van der Waals surface area contributed by atoms with Crippen molar-refractivity contribution < 1.29 is 22.7 Å². The molecule has 0 spiro atoms. The van der Waals surface area contributed by atoms with Gasteiger partial charge in [0.05, 0.1) is 18.8 Å². The number of benzene rings is 1. The van der Waals surface area contributed by atoms with Gasteiger partial charge in [0, 0.05) is 36.0 Å². The summed E-state index contributed by atoms with van der Waals surface area (Å²) in [6.45, 7) is 0.761. The molecule has 0 saturated heterocycles. The second-order valence-corrected chi connectivity index (χ2v) is 5.88. The van der Waals surface area contributed by atoms with Crippen LogP contribution in [0.1, 0.15) is 28.5 Å². The van der Waals surface area contributed by atoms with Crippen molar-refractivity contribution in [3.05, 3.63) is 77.9 Å². The lowest BCUT2D eigenvalue weighted by Gasteiger charge is -2.11. The molecule has 8 heteroatoms. The van der Waals surface area contributed by atoms with Crippen LogP contribution in [0.5, 0.6) is 11.5 Å². The van der Waals surface area contributed by atoms with Gasteiger partial charge in [-0.1, -0.05) is 0 Å². The van der Waals surface area contributed by atoms with Crippen LogP contribution in [0.25, 0.3) is 0 Å². The Bertz CT molecular complexity index is 960. The molecule has 2 aromatic heterocycles. The molecule has 0 aliphatic rings.